The highest BCUT2D eigenvalue weighted by atomic mass is 16.1. The number of aromatic amines is 1. The van der Waals surface area contributed by atoms with Gasteiger partial charge < -0.3 is 15.2 Å². The second-order valence-corrected chi connectivity index (χ2v) is 7.18. The van der Waals surface area contributed by atoms with Crippen LogP contribution >= 0.6 is 0 Å². The van der Waals surface area contributed by atoms with Crippen molar-refractivity contribution in [3.8, 4) is 0 Å². The molecule has 2 aromatic rings. The van der Waals surface area contributed by atoms with Crippen molar-refractivity contribution in [3.63, 3.8) is 0 Å². The number of hydrogen-bond acceptors (Lipinski definition) is 5. The number of nitrogens with one attached hydrogen (secondary N) is 2. The minimum absolute atomic E-state index is 0.0370. The normalized spacial score (nSPS) is 17.0. The Morgan fingerprint density at radius 2 is 2.22 bits per heavy atom. The summed E-state index contributed by atoms with van der Waals surface area (Å²) in [6, 6.07) is 5.96. The van der Waals surface area contributed by atoms with Gasteiger partial charge in [0.1, 0.15) is 5.82 Å². The monoisotopic (exact) mass is 369 g/mol. The van der Waals surface area contributed by atoms with E-state index in [0.717, 1.165) is 43.0 Å². The molecule has 1 fully saturated rings. The molecule has 1 saturated heterocycles. The quantitative estimate of drug-likeness (QED) is 0.809. The van der Waals surface area contributed by atoms with Crippen molar-refractivity contribution < 1.29 is 4.79 Å². The standard InChI is InChI=1S/C20H27N5O2/c1-14-17(15(2)24-20(27)23-14)8-9-19(26)22-12-16-6-5-11-25(13-16)18-7-3-4-10-21-18/h3-4,7,10,16H,5-6,8-9,11-13H2,1-2H3,(H,22,26)(H,23,24,27)/t16-/m1/s1. The second-order valence-electron chi connectivity index (χ2n) is 7.18. The van der Waals surface area contributed by atoms with Crippen molar-refractivity contribution in [1.82, 2.24) is 20.3 Å². The van der Waals surface area contributed by atoms with E-state index in [1.807, 2.05) is 38.2 Å². The first-order valence-corrected chi connectivity index (χ1v) is 9.52. The molecule has 1 aliphatic rings. The molecule has 1 atom stereocenters. The maximum absolute atomic E-state index is 12.3. The third-order valence-corrected chi connectivity index (χ3v) is 5.14. The van der Waals surface area contributed by atoms with Gasteiger partial charge >= 0.3 is 5.69 Å². The Labute approximate surface area is 159 Å². The molecule has 144 valence electrons. The lowest BCUT2D eigenvalue weighted by molar-refractivity contribution is -0.121. The third kappa shape index (κ3) is 5.15. The highest BCUT2D eigenvalue weighted by molar-refractivity contribution is 5.76. The molecule has 0 aromatic carbocycles. The van der Waals surface area contributed by atoms with Crippen LogP contribution in [0.3, 0.4) is 0 Å². The maximum atomic E-state index is 12.3. The van der Waals surface area contributed by atoms with E-state index >= 15 is 0 Å². The first-order chi connectivity index (χ1) is 13.0. The molecule has 1 amide bonds. The number of pyridine rings is 1. The lowest BCUT2D eigenvalue weighted by atomic mass is 9.97. The molecule has 3 rings (SSSR count). The maximum Gasteiger partial charge on any atom is 0.345 e. The average Bonchev–Trinajstić information content (AvgIpc) is 2.66. The van der Waals surface area contributed by atoms with Crippen LogP contribution in [0.25, 0.3) is 0 Å². The smallest absolute Gasteiger partial charge is 0.345 e. The zero-order valence-corrected chi connectivity index (χ0v) is 16.0. The summed E-state index contributed by atoms with van der Waals surface area (Å²) < 4.78 is 0. The second kappa shape index (κ2) is 8.79. The van der Waals surface area contributed by atoms with Gasteiger partial charge in [0.25, 0.3) is 0 Å². The molecule has 0 unspecified atom stereocenters. The van der Waals surface area contributed by atoms with E-state index in [-0.39, 0.29) is 11.6 Å². The Hall–Kier alpha value is -2.70. The van der Waals surface area contributed by atoms with Crippen LogP contribution in [-0.4, -0.2) is 40.5 Å². The van der Waals surface area contributed by atoms with Crippen LogP contribution in [0.4, 0.5) is 5.82 Å². The lowest BCUT2D eigenvalue weighted by Gasteiger charge is -2.33. The van der Waals surface area contributed by atoms with E-state index in [4.69, 9.17) is 0 Å². The highest BCUT2D eigenvalue weighted by Crippen LogP contribution is 2.20. The van der Waals surface area contributed by atoms with E-state index in [0.29, 0.717) is 31.0 Å². The topological polar surface area (TPSA) is 91.0 Å². The van der Waals surface area contributed by atoms with E-state index < -0.39 is 0 Å². The van der Waals surface area contributed by atoms with Crippen LogP contribution in [-0.2, 0) is 11.2 Å². The van der Waals surface area contributed by atoms with Crippen molar-refractivity contribution in [2.24, 2.45) is 5.92 Å². The van der Waals surface area contributed by atoms with Crippen LogP contribution in [0, 0.1) is 19.8 Å². The number of carbonyl (C=O) groups excluding carboxylic acids is 1. The molecule has 0 spiro atoms. The first kappa shape index (κ1) is 19.1. The Morgan fingerprint density at radius 1 is 1.37 bits per heavy atom. The van der Waals surface area contributed by atoms with Crippen LogP contribution in [0.2, 0.25) is 0 Å². The van der Waals surface area contributed by atoms with Crippen molar-refractivity contribution >= 4 is 11.7 Å². The minimum Gasteiger partial charge on any atom is -0.356 e. The fourth-order valence-corrected chi connectivity index (χ4v) is 3.69. The Balaban J connectivity index is 1.47. The van der Waals surface area contributed by atoms with Crippen molar-refractivity contribution in [2.45, 2.75) is 39.5 Å². The molecule has 27 heavy (non-hydrogen) atoms. The largest absolute Gasteiger partial charge is 0.356 e. The van der Waals surface area contributed by atoms with Crippen molar-refractivity contribution in [2.75, 3.05) is 24.5 Å². The highest BCUT2D eigenvalue weighted by Gasteiger charge is 2.21. The molecule has 7 nitrogen and oxygen atoms in total. The van der Waals surface area contributed by atoms with Crippen LogP contribution in [0.1, 0.15) is 36.2 Å². The Morgan fingerprint density at radius 3 is 2.96 bits per heavy atom. The SMILES string of the molecule is Cc1nc(=O)[nH]c(C)c1CCC(=O)NC[C@H]1CCCN(c2ccccn2)C1. The van der Waals surface area contributed by atoms with Gasteiger partial charge in [0, 0.05) is 43.6 Å². The number of piperidine rings is 1. The number of rotatable bonds is 6. The summed E-state index contributed by atoms with van der Waals surface area (Å²) in [6.07, 6.45) is 5.02. The van der Waals surface area contributed by atoms with Gasteiger partial charge in [0.05, 0.1) is 0 Å². The Kier molecular flexibility index (Phi) is 6.21. The Bertz CT molecular complexity index is 808. The summed E-state index contributed by atoms with van der Waals surface area (Å²) >= 11 is 0. The number of anilines is 1. The molecular formula is C20H27N5O2. The van der Waals surface area contributed by atoms with Crippen LogP contribution in [0.15, 0.2) is 29.2 Å². The fourth-order valence-electron chi connectivity index (χ4n) is 3.69. The average molecular weight is 369 g/mol. The van der Waals surface area contributed by atoms with Crippen molar-refractivity contribution in [3.05, 3.63) is 51.8 Å². The number of carbonyl (C=O) groups is 1. The third-order valence-electron chi connectivity index (χ3n) is 5.14. The minimum atomic E-state index is -0.340. The molecule has 7 heteroatoms. The number of nitrogens with zero attached hydrogens (tertiary/aromatic N) is 3. The fraction of sp³-hybridized carbons (Fsp3) is 0.500. The molecule has 1 aliphatic heterocycles. The summed E-state index contributed by atoms with van der Waals surface area (Å²) in [5.41, 5.74) is 2.10. The summed E-state index contributed by atoms with van der Waals surface area (Å²) in [6.45, 7) is 6.27. The van der Waals surface area contributed by atoms with Gasteiger partial charge in [-0.1, -0.05) is 6.07 Å². The summed E-state index contributed by atoms with van der Waals surface area (Å²) in [4.78, 5) is 37.0. The van der Waals surface area contributed by atoms with Crippen molar-refractivity contribution in [1.29, 1.82) is 0 Å². The molecule has 0 bridgehead atoms. The molecule has 2 N–H and O–H groups in total. The number of H-pyrrole nitrogens is 1. The van der Waals surface area contributed by atoms with Gasteiger partial charge in [-0.25, -0.2) is 9.78 Å². The zero-order valence-electron chi connectivity index (χ0n) is 16.0. The predicted octanol–water partition coefficient (Wildman–Crippen LogP) is 1.75. The summed E-state index contributed by atoms with van der Waals surface area (Å²) in [7, 11) is 0. The van der Waals surface area contributed by atoms with E-state index in [1.165, 1.54) is 0 Å². The zero-order chi connectivity index (χ0) is 19.2. The van der Waals surface area contributed by atoms with Gasteiger partial charge in [-0.15, -0.1) is 0 Å². The predicted molar refractivity (Wildman–Crippen MR) is 105 cm³/mol. The molecule has 0 saturated carbocycles. The van der Waals surface area contributed by atoms with Gasteiger partial charge in [-0.2, -0.15) is 4.98 Å². The van der Waals surface area contributed by atoms with E-state index in [2.05, 4.69) is 25.2 Å². The molecular weight excluding hydrogens is 342 g/mol. The lowest BCUT2D eigenvalue weighted by Crippen LogP contribution is -2.41. The molecule has 3 heterocycles. The van der Waals surface area contributed by atoms with E-state index in [9.17, 15) is 9.59 Å². The number of amides is 1. The van der Waals surface area contributed by atoms with Gasteiger partial charge in [-0.05, 0) is 56.7 Å². The first-order valence-electron chi connectivity index (χ1n) is 9.52. The number of aryl methyl sites for hydroxylation is 2. The van der Waals surface area contributed by atoms with E-state index in [1.54, 1.807) is 0 Å². The summed E-state index contributed by atoms with van der Waals surface area (Å²) in [5.74, 6) is 1.47. The molecule has 0 radical (unpaired) electrons. The number of aromatic nitrogens is 3. The number of hydrogen-bond donors (Lipinski definition) is 2. The van der Waals surface area contributed by atoms with Crippen LogP contribution < -0.4 is 15.9 Å². The van der Waals surface area contributed by atoms with Gasteiger partial charge in [-0.3, -0.25) is 4.79 Å². The van der Waals surface area contributed by atoms with Gasteiger partial charge in [0.2, 0.25) is 5.91 Å². The molecule has 2 aromatic heterocycles. The van der Waals surface area contributed by atoms with Gasteiger partial charge in [0.15, 0.2) is 0 Å². The van der Waals surface area contributed by atoms with Crippen LogP contribution in [0.5, 0.6) is 0 Å². The summed E-state index contributed by atoms with van der Waals surface area (Å²) in [5, 5.41) is 3.07. The molecule has 0 aliphatic carbocycles.